The summed E-state index contributed by atoms with van der Waals surface area (Å²) in [6, 6.07) is 5.57. The van der Waals surface area contributed by atoms with Gasteiger partial charge in [0, 0.05) is 18.7 Å². The quantitative estimate of drug-likeness (QED) is 0.471. The Morgan fingerprint density at radius 3 is 2.70 bits per heavy atom. The number of hydrogen-bond donors (Lipinski definition) is 0. The molecule has 0 spiro atoms. The van der Waals surface area contributed by atoms with Gasteiger partial charge >= 0.3 is 0 Å². The Kier molecular flexibility index (Phi) is 4.67. The van der Waals surface area contributed by atoms with E-state index in [-0.39, 0.29) is 10.8 Å². The van der Waals surface area contributed by atoms with E-state index in [0.29, 0.717) is 17.1 Å². The Hall–Kier alpha value is -2.35. The molecule has 4 aromatic rings. The summed E-state index contributed by atoms with van der Waals surface area (Å²) in [7, 11) is 3.02. The number of rotatable bonds is 4. The number of fused-ring (bicyclic) bond motifs is 2. The lowest BCUT2D eigenvalue weighted by Crippen LogP contribution is -1.96. The summed E-state index contributed by atoms with van der Waals surface area (Å²) in [6.07, 6.45) is 1.69. The molecule has 0 amide bonds. The second kappa shape index (κ2) is 6.99. The highest BCUT2D eigenvalue weighted by molar-refractivity contribution is 7.21. The zero-order valence-electron chi connectivity index (χ0n) is 14.8. The summed E-state index contributed by atoms with van der Waals surface area (Å²) < 4.78 is 25.2. The maximum absolute atomic E-state index is 14.3. The molecule has 0 aliphatic rings. The Balaban J connectivity index is 1.95. The fourth-order valence-electron chi connectivity index (χ4n) is 2.93. The molecule has 8 heteroatoms. The van der Waals surface area contributed by atoms with E-state index in [1.165, 1.54) is 18.4 Å². The van der Waals surface area contributed by atoms with Gasteiger partial charge in [0.25, 0.3) is 0 Å². The molecule has 0 bridgehead atoms. The van der Waals surface area contributed by atoms with E-state index in [1.807, 2.05) is 19.1 Å². The van der Waals surface area contributed by atoms with Gasteiger partial charge in [-0.05, 0) is 24.6 Å². The predicted octanol–water partition coefficient (Wildman–Crippen LogP) is 5.16. The summed E-state index contributed by atoms with van der Waals surface area (Å²) in [5.74, 6) is -0.512. The van der Waals surface area contributed by atoms with E-state index in [0.717, 1.165) is 32.6 Å². The molecule has 2 aromatic carbocycles. The lowest BCUT2D eigenvalue weighted by atomic mass is 10.1. The van der Waals surface area contributed by atoms with Crippen molar-refractivity contribution in [1.29, 1.82) is 0 Å². The van der Waals surface area contributed by atoms with Crippen molar-refractivity contribution in [3.05, 3.63) is 46.5 Å². The molecular formula is C19H15ClFN3O2S. The van der Waals surface area contributed by atoms with Crippen LogP contribution in [-0.2, 0) is 11.3 Å². The Bertz CT molecular complexity index is 1180. The summed E-state index contributed by atoms with van der Waals surface area (Å²) in [5, 5.41) is 0.652. The van der Waals surface area contributed by atoms with Gasteiger partial charge in [-0.2, -0.15) is 0 Å². The smallest absolute Gasteiger partial charge is 0.185 e. The first-order valence-electron chi connectivity index (χ1n) is 8.10. The molecule has 2 aromatic heterocycles. The van der Waals surface area contributed by atoms with Crippen LogP contribution in [0.3, 0.4) is 0 Å². The largest absolute Gasteiger partial charge is 0.494 e. The molecule has 0 unspecified atom stereocenters. The van der Waals surface area contributed by atoms with Crippen molar-refractivity contribution in [1.82, 2.24) is 15.0 Å². The van der Waals surface area contributed by atoms with Crippen LogP contribution in [0.4, 0.5) is 4.39 Å². The maximum Gasteiger partial charge on any atom is 0.185 e. The first-order chi connectivity index (χ1) is 13.0. The molecule has 2 heterocycles. The van der Waals surface area contributed by atoms with Gasteiger partial charge in [-0.1, -0.05) is 11.6 Å². The van der Waals surface area contributed by atoms with Gasteiger partial charge in [-0.25, -0.2) is 14.4 Å². The lowest BCUT2D eigenvalue weighted by Gasteiger charge is -2.06. The van der Waals surface area contributed by atoms with Gasteiger partial charge in [0.05, 0.1) is 41.3 Å². The third-order valence-corrected chi connectivity index (χ3v) is 5.50. The van der Waals surface area contributed by atoms with Crippen molar-refractivity contribution in [2.24, 2.45) is 0 Å². The van der Waals surface area contributed by atoms with Crippen LogP contribution in [0, 0.1) is 12.7 Å². The fourth-order valence-corrected chi connectivity index (χ4v) is 4.24. The van der Waals surface area contributed by atoms with Gasteiger partial charge in [0.1, 0.15) is 15.5 Å². The number of methoxy groups -OCH3 is 2. The van der Waals surface area contributed by atoms with Gasteiger partial charge in [0.2, 0.25) is 0 Å². The normalized spacial score (nSPS) is 11.4. The lowest BCUT2D eigenvalue weighted by molar-refractivity contribution is 0.181. The van der Waals surface area contributed by atoms with Gasteiger partial charge in [-0.15, -0.1) is 11.3 Å². The van der Waals surface area contributed by atoms with Crippen LogP contribution >= 0.6 is 22.9 Å². The predicted molar refractivity (Wildman–Crippen MR) is 105 cm³/mol. The molecule has 0 N–H and O–H groups in total. The molecule has 0 fully saturated rings. The molecule has 0 aliphatic heterocycles. The number of aromatic nitrogens is 3. The van der Waals surface area contributed by atoms with Crippen LogP contribution in [0.25, 0.3) is 31.8 Å². The van der Waals surface area contributed by atoms with Crippen molar-refractivity contribution >= 4 is 44.2 Å². The maximum atomic E-state index is 14.3. The zero-order valence-corrected chi connectivity index (χ0v) is 16.4. The van der Waals surface area contributed by atoms with Crippen molar-refractivity contribution in [3.8, 4) is 16.3 Å². The van der Waals surface area contributed by atoms with E-state index < -0.39 is 5.82 Å². The summed E-state index contributed by atoms with van der Waals surface area (Å²) in [4.78, 5) is 13.7. The highest BCUT2D eigenvalue weighted by atomic mass is 35.5. The highest BCUT2D eigenvalue weighted by Crippen LogP contribution is 2.40. The Morgan fingerprint density at radius 2 is 1.96 bits per heavy atom. The number of hydrogen-bond acceptors (Lipinski definition) is 6. The van der Waals surface area contributed by atoms with Crippen LogP contribution < -0.4 is 4.74 Å². The Morgan fingerprint density at radius 1 is 1.15 bits per heavy atom. The molecule has 5 nitrogen and oxygen atoms in total. The second-order valence-electron chi connectivity index (χ2n) is 6.05. The van der Waals surface area contributed by atoms with Gasteiger partial charge < -0.3 is 9.47 Å². The zero-order chi connectivity index (χ0) is 19.1. The van der Waals surface area contributed by atoms with Crippen molar-refractivity contribution in [3.63, 3.8) is 0 Å². The van der Waals surface area contributed by atoms with Crippen molar-refractivity contribution in [2.45, 2.75) is 13.5 Å². The van der Waals surface area contributed by atoms with Crippen LogP contribution in [0.15, 0.2) is 24.4 Å². The molecule has 138 valence electrons. The molecule has 0 atom stereocenters. The van der Waals surface area contributed by atoms with Crippen LogP contribution in [-0.4, -0.2) is 29.2 Å². The van der Waals surface area contributed by atoms with E-state index in [9.17, 15) is 4.39 Å². The van der Waals surface area contributed by atoms with Crippen molar-refractivity contribution < 1.29 is 13.9 Å². The van der Waals surface area contributed by atoms with Crippen LogP contribution in [0.1, 0.15) is 11.3 Å². The van der Waals surface area contributed by atoms with Crippen LogP contribution in [0.2, 0.25) is 5.02 Å². The summed E-state index contributed by atoms with van der Waals surface area (Å²) in [6.45, 7) is 2.37. The molecule has 27 heavy (non-hydrogen) atoms. The number of aryl methyl sites for hydroxylation is 1. The van der Waals surface area contributed by atoms with Crippen molar-refractivity contribution in [2.75, 3.05) is 14.2 Å². The van der Waals surface area contributed by atoms with E-state index in [1.54, 1.807) is 19.4 Å². The van der Waals surface area contributed by atoms with E-state index in [4.69, 9.17) is 21.1 Å². The van der Waals surface area contributed by atoms with E-state index >= 15 is 0 Å². The third-order valence-electron chi connectivity index (χ3n) is 4.12. The standard InChI is InChI=1S/C19H15ClFN3O2S/c1-9-4-11(17-12(5-9)23-10(7-22-17)8-25-2)19-24-18-14(27-19)6-13(26-3)16(21)15(18)20/h4-7H,8H2,1-3H3. The Labute approximate surface area is 163 Å². The fraction of sp³-hybridized carbons (Fsp3) is 0.211. The van der Waals surface area contributed by atoms with Gasteiger partial charge in [0.15, 0.2) is 11.6 Å². The topological polar surface area (TPSA) is 57.1 Å². The average Bonchev–Trinajstić information content (AvgIpc) is 3.08. The molecule has 0 saturated carbocycles. The number of ether oxygens (including phenoxy) is 2. The molecule has 0 aliphatic carbocycles. The minimum Gasteiger partial charge on any atom is -0.494 e. The second-order valence-corrected chi connectivity index (χ2v) is 7.46. The molecule has 0 radical (unpaired) electrons. The first kappa shape index (κ1) is 18.0. The first-order valence-corrected chi connectivity index (χ1v) is 9.29. The SMILES string of the molecule is COCc1cnc2c(-c3nc4c(Cl)c(F)c(OC)cc4s3)cc(C)cc2n1. The molecule has 4 rings (SSSR count). The number of benzene rings is 2. The minimum atomic E-state index is -0.610. The number of halogens is 2. The average molecular weight is 404 g/mol. The van der Waals surface area contributed by atoms with Crippen LogP contribution in [0.5, 0.6) is 5.75 Å². The minimum absolute atomic E-state index is 0.0442. The number of nitrogens with zero attached hydrogens (tertiary/aromatic N) is 3. The summed E-state index contributed by atoms with van der Waals surface area (Å²) >= 11 is 7.57. The van der Waals surface area contributed by atoms with E-state index in [2.05, 4.69) is 15.0 Å². The molecular weight excluding hydrogens is 389 g/mol. The third kappa shape index (κ3) is 3.12. The molecule has 0 saturated heterocycles. The number of thiazole rings is 1. The summed E-state index contributed by atoms with van der Waals surface area (Å²) in [5.41, 5.74) is 4.50. The monoisotopic (exact) mass is 403 g/mol. The van der Waals surface area contributed by atoms with Gasteiger partial charge in [-0.3, -0.25) is 4.98 Å². The highest BCUT2D eigenvalue weighted by Gasteiger charge is 2.19.